The Morgan fingerprint density at radius 3 is 2.57 bits per heavy atom. The molecule has 1 rings (SSSR count). The van der Waals surface area contributed by atoms with Crippen LogP contribution in [0.5, 0.6) is 5.88 Å². The van der Waals surface area contributed by atoms with Crippen molar-refractivity contribution in [2.75, 3.05) is 0 Å². The smallest absolute Gasteiger partial charge is 0.388 e. The lowest BCUT2D eigenvalue weighted by Gasteiger charge is -2.08. The molecule has 0 amide bonds. The van der Waals surface area contributed by atoms with Crippen molar-refractivity contribution >= 4 is 6.08 Å². The van der Waals surface area contributed by atoms with Crippen LogP contribution in [0.15, 0.2) is 12.6 Å². The van der Waals surface area contributed by atoms with Crippen LogP contribution in [-0.4, -0.2) is 11.6 Å². The first-order valence-electron chi connectivity index (χ1n) is 4.10. The van der Waals surface area contributed by atoms with Gasteiger partial charge in [0.05, 0.1) is 0 Å². The summed E-state index contributed by atoms with van der Waals surface area (Å²) in [5.74, 6) is -0.0550. The summed E-state index contributed by atoms with van der Waals surface area (Å²) >= 11 is 0. The standard InChI is InChI=1S/C10H11F2NO/c1-4-8-6(2)5-9(13-7(8)3)14-10(11)12/h4-5,10H,1H2,2-3H3. The average Bonchev–Trinajstić information content (AvgIpc) is 2.01. The van der Waals surface area contributed by atoms with E-state index in [0.29, 0.717) is 5.69 Å². The molecule has 0 fully saturated rings. The van der Waals surface area contributed by atoms with E-state index in [1.165, 1.54) is 6.07 Å². The molecule has 1 aromatic rings. The van der Waals surface area contributed by atoms with E-state index >= 15 is 0 Å². The number of hydrogen-bond donors (Lipinski definition) is 0. The number of ether oxygens (including phenoxy) is 1. The van der Waals surface area contributed by atoms with Gasteiger partial charge in [0, 0.05) is 11.8 Å². The maximum Gasteiger partial charge on any atom is 0.388 e. The van der Waals surface area contributed by atoms with Crippen molar-refractivity contribution in [1.29, 1.82) is 0 Å². The molecule has 1 aromatic heterocycles. The van der Waals surface area contributed by atoms with Crippen molar-refractivity contribution in [3.63, 3.8) is 0 Å². The summed E-state index contributed by atoms with van der Waals surface area (Å²) in [4.78, 5) is 3.87. The van der Waals surface area contributed by atoms with Crippen molar-refractivity contribution in [3.05, 3.63) is 29.5 Å². The Kier molecular flexibility index (Phi) is 3.17. The Labute approximate surface area is 81.2 Å². The van der Waals surface area contributed by atoms with E-state index in [1.54, 1.807) is 19.9 Å². The molecule has 1 heterocycles. The third-order valence-electron chi connectivity index (χ3n) is 1.85. The van der Waals surface area contributed by atoms with E-state index in [-0.39, 0.29) is 5.88 Å². The zero-order valence-electron chi connectivity index (χ0n) is 8.05. The molecule has 0 aliphatic carbocycles. The second kappa shape index (κ2) is 4.17. The lowest BCUT2D eigenvalue weighted by atomic mass is 10.1. The summed E-state index contributed by atoms with van der Waals surface area (Å²) in [7, 11) is 0. The molecular weight excluding hydrogens is 188 g/mol. The predicted molar refractivity (Wildman–Crippen MR) is 50.4 cm³/mol. The summed E-state index contributed by atoms with van der Waals surface area (Å²) < 4.78 is 28.0. The van der Waals surface area contributed by atoms with Crippen molar-refractivity contribution in [3.8, 4) is 5.88 Å². The summed E-state index contributed by atoms with van der Waals surface area (Å²) in [5, 5.41) is 0. The Hall–Kier alpha value is -1.45. The number of pyridine rings is 1. The highest BCUT2D eigenvalue weighted by Crippen LogP contribution is 2.19. The lowest BCUT2D eigenvalue weighted by molar-refractivity contribution is -0.0529. The van der Waals surface area contributed by atoms with Gasteiger partial charge in [-0.1, -0.05) is 12.7 Å². The summed E-state index contributed by atoms with van der Waals surface area (Å²) in [6.07, 6.45) is 1.64. The van der Waals surface area contributed by atoms with E-state index in [9.17, 15) is 8.78 Å². The van der Waals surface area contributed by atoms with Crippen LogP contribution in [0.25, 0.3) is 6.08 Å². The second-order valence-electron chi connectivity index (χ2n) is 2.86. The predicted octanol–water partition coefficient (Wildman–Crippen LogP) is 2.94. The van der Waals surface area contributed by atoms with Gasteiger partial charge in [0.1, 0.15) is 0 Å². The SMILES string of the molecule is C=Cc1c(C)cc(OC(F)F)nc1C. The Bertz CT molecular complexity index is 327. The monoisotopic (exact) mass is 199 g/mol. The molecule has 0 unspecified atom stereocenters. The van der Waals surface area contributed by atoms with E-state index in [2.05, 4.69) is 16.3 Å². The van der Waals surface area contributed by atoms with Gasteiger partial charge in [-0.25, -0.2) is 4.98 Å². The number of nitrogens with zero attached hydrogens (tertiary/aromatic N) is 1. The minimum absolute atomic E-state index is 0.0550. The lowest BCUT2D eigenvalue weighted by Crippen LogP contribution is -2.05. The Morgan fingerprint density at radius 1 is 1.50 bits per heavy atom. The first kappa shape index (κ1) is 10.6. The van der Waals surface area contributed by atoms with Crippen LogP contribution < -0.4 is 4.74 Å². The van der Waals surface area contributed by atoms with Gasteiger partial charge < -0.3 is 4.74 Å². The number of halogens is 2. The van der Waals surface area contributed by atoms with Gasteiger partial charge >= 0.3 is 6.61 Å². The topological polar surface area (TPSA) is 22.1 Å². The number of hydrogen-bond acceptors (Lipinski definition) is 2. The number of aromatic nitrogens is 1. The van der Waals surface area contributed by atoms with Crippen LogP contribution in [0.3, 0.4) is 0 Å². The molecule has 0 bridgehead atoms. The van der Waals surface area contributed by atoms with E-state index < -0.39 is 6.61 Å². The maximum atomic E-state index is 11.9. The molecule has 0 spiro atoms. The third-order valence-corrected chi connectivity index (χ3v) is 1.85. The average molecular weight is 199 g/mol. The first-order valence-corrected chi connectivity index (χ1v) is 4.10. The molecule has 0 aliphatic rings. The van der Waals surface area contributed by atoms with Gasteiger partial charge in [0.15, 0.2) is 0 Å². The first-order chi connectivity index (χ1) is 6.54. The maximum absolute atomic E-state index is 11.9. The quantitative estimate of drug-likeness (QED) is 0.746. The third kappa shape index (κ3) is 2.28. The molecule has 0 aromatic carbocycles. The molecule has 2 nitrogen and oxygen atoms in total. The largest absolute Gasteiger partial charge is 0.417 e. The number of rotatable bonds is 3. The second-order valence-corrected chi connectivity index (χ2v) is 2.86. The normalized spacial score (nSPS) is 10.4. The minimum Gasteiger partial charge on any atom is -0.417 e. The van der Waals surface area contributed by atoms with E-state index in [4.69, 9.17) is 0 Å². The van der Waals surface area contributed by atoms with Crippen LogP contribution >= 0.6 is 0 Å². The molecule has 14 heavy (non-hydrogen) atoms. The molecule has 0 atom stereocenters. The molecule has 0 aliphatic heterocycles. The fraction of sp³-hybridized carbons (Fsp3) is 0.300. The fourth-order valence-corrected chi connectivity index (χ4v) is 1.27. The zero-order chi connectivity index (χ0) is 10.7. The van der Waals surface area contributed by atoms with Crippen LogP contribution in [0.4, 0.5) is 8.78 Å². The zero-order valence-corrected chi connectivity index (χ0v) is 8.05. The van der Waals surface area contributed by atoms with Gasteiger partial charge in [-0.05, 0) is 25.0 Å². The van der Waals surface area contributed by atoms with Gasteiger partial charge in [0.2, 0.25) is 5.88 Å². The number of alkyl halides is 2. The van der Waals surface area contributed by atoms with Gasteiger partial charge in [0.25, 0.3) is 0 Å². The van der Waals surface area contributed by atoms with Crippen molar-refractivity contribution in [1.82, 2.24) is 4.98 Å². The highest BCUT2D eigenvalue weighted by Gasteiger charge is 2.08. The Balaban J connectivity index is 3.07. The fourth-order valence-electron chi connectivity index (χ4n) is 1.27. The molecular formula is C10H11F2NO. The number of aryl methyl sites for hydroxylation is 2. The Morgan fingerprint density at radius 2 is 2.14 bits per heavy atom. The van der Waals surface area contributed by atoms with E-state index in [1.807, 2.05) is 0 Å². The molecule has 4 heteroatoms. The van der Waals surface area contributed by atoms with Gasteiger partial charge in [-0.15, -0.1) is 0 Å². The minimum atomic E-state index is -2.84. The molecule has 0 saturated heterocycles. The summed E-state index contributed by atoms with van der Waals surface area (Å²) in [6.45, 7) is 4.30. The summed E-state index contributed by atoms with van der Waals surface area (Å²) in [6, 6.07) is 1.47. The van der Waals surface area contributed by atoms with Crippen molar-refractivity contribution in [2.45, 2.75) is 20.5 Å². The highest BCUT2D eigenvalue weighted by atomic mass is 19.3. The molecule has 0 saturated carbocycles. The van der Waals surface area contributed by atoms with Crippen LogP contribution in [0, 0.1) is 13.8 Å². The van der Waals surface area contributed by atoms with Crippen molar-refractivity contribution in [2.24, 2.45) is 0 Å². The van der Waals surface area contributed by atoms with Crippen LogP contribution in [-0.2, 0) is 0 Å². The van der Waals surface area contributed by atoms with E-state index in [0.717, 1.165) is 11.1 Å². The highest BCUT2D eigenvalue weighted by molar-refractivity contribution is 5.54. The molecule has 0 N–H and O–H groups in total. The van der Waals surface area contributed by atoms with Gasteiger partial charge in [-0.2, -0.15) is 8.78 Å². The van der Waals surface area contributed by atoms with Crippen LogP contribution in [0.1, 0.15) is 16.8 Å². The van der Waals surface area contributed by atoms with Gasteiger partial charge in [-0.3, -0.25) is 0 Å². The summed E-state index contributed by atoms with van der Waals surface area (Å²) in [5.41, 5.74) is 2.31. The van der Waals surface area contributed by atoms with Crippen LogP contribution in [0.2, 0.25) is 0 Å². The van der Waals surface area contributed by atoms with Crippen molar-refractivity contribution < 1.29 is 13.5 Å². The molecule has 0 radical (unpaired) electrons. The molecule has 76 valence electrons.